The second-order valence-corrected chi connectivity index (χ2v) is 7.99. The average Bonchev–Trinajstić information content (AvgIpc) is 3.20. The molecule has 0 bridgehead atoms. The number of hydrogen-bond acceptors (Lipinski definition) is 7. The molecule has 3 aromatic heterocycles. The fraction of sp³-hybridized carbons (Fsp3) is 0.300. The third-order valence-corrected chi connectivity index (χ3v) is 5.87. The van der Waals surface area contributed by atoms with E-state index in [0.717, 1.165) is 40.0 Å². The van der Waals surface area contributed by atoms with Crippen LogP contribution in [0.25, 0.3) is 32.5 Å². The third-order valence-electron chi connectivity index (χ3n) is 5.08. The van der Waals surface area contributed by atoms with Crippen molar-refractivity contribution in [2.75, 3.05) is 25.0 Å². The highest BCUT2D eigenvalue weighted by atomic mass is 32.1. The molecule has 1 unspecified atom stereocenters. The molecule has 0 radical (unpaired) electrons. The molecular weight excluding hydrogens is 375 g/mol. The van der Waals surface area contributed by atoms with Crippen LogP contribution >= 0.6 is 11.3 Å². The number of nitrogens with zero attached hydrogens (tertiary/aromatic N) is 4. The van der Waals surface area contributed by atoms with Gasteiger partial charge in [-0.2, -0.15) is 0 Å². The van der Waals surface area contributed by atoms with Crippen molar-refractivity contribution in [1.82, 2.24) is 25.3 Å². The number of thiazole rings is 1. The van der Waals surface area contributed by atoms with E-state index in [1.807, 2.05) is 23.7 Å². The van der Waals surface area contributed by atoms with Crippen LogP contribution in [0, 0.1) is 0 Å². The first-order chi connectivity index (χ1) is 13.7. The van der Waals surface area contributed by atoms with Crippen LogP contribution in [-0.4, -0.2) is 45.2 Å². The summed E-state index contributed by atoms with van der Waals surface area (Å²) in [5.41, 5.74) is 4.65. The van der Waals surface area contributed by atoms with E-state index in [-0.39, 0.29) is 6.54 Å². The highest BCUT2D eigenvalue weighted by Gasteiger charge is 2.31. The number of rotatable bonds is 4. The number of benzene rings is 1. The van der Waals surface area contributed by atoms with Gasteiger partial charge >= 0.3 is 0 Å². The molecule has 0 saturated carbocycles. The van der Waals surface area contributed by atoms with Crippen molar-refractivity contribution < 1.29 is 4.39 Å². The highest BCUT2D eigenvalue weighted by molar-refractivity contribution is 7.16. The molecule has 1 aliphatic rings. The standard InChI is InChI=1S/C20H19FN6S/c21-20(4-1-5-22-10-20)11-25-19-18-16(23-6-7-24-18)9-15(27-19)13-2-3-14-17(8-13)28-12-26-14/h2-3,6-9,12,22H,1,4-5,10-11H2,(H,25,27). The molecule has 0 aliphatic carbocycles. The maximum absolute atomic E-state index is 15.0. The molecule has 0 spiro atoms. The number of alkyl halides is 1. The van der Waals surface area contributed by atoms with Crippen molar-refractivity contribution in [1.29, 1.82) is 0 Å². The van der Waals surface area contributed by atoms with E-state index in [1.54, 1.807) is 23.7 Å². The van der Waals surface area contributed by atoms with E-state index in [4.69, 9.17) is 4.98 Å². The Hall–Kier alpha value is -2.71. The lowest BCUT2D eigenvalue weighted by Crippen LogP contribution is -2.46. The van der Waals surface area contributed by atoms with Crippen molar-refractivity contribution in [3.05, 3.63) is 42.2 Å². The number of halogens is 1. The van der Waals surface area contributed by atoms with Crippen LogP contribution in [0.15, 0.2) is 42.2 Å². The molecule has 0 amide bonds. The molecule has 4 aromatic rings. The number of pyridine rings is 1. The van der Waals surface area contributed by atoms with Gasteiger partial charge in [0.2, 0.25) is 0 Å². The van der Waals surface area contributed by atoms with Gasteiger partial charge in [-0.25, -0.2) is 19.3 Å². The van der Waals surface area contributed by atoms with Gasteiger partial charge in [-0.1, -0.05) is 6.07 Å². The summed E-state index contributed by atoms with van der Waals surface area (Å²) in [6.45, 7) is 1.41. The summed E-state index contributed by atoms with van der Waals surface area (Å²) in [6, 6.07) is 7.98. The maximum atomic E-state index is 15.0. The Kier molecular flexibility index (Phi) is 4.37. The summed E-state index contributed by atoms with van der Waals surface area (Å²) < 4.78 is 16.1. The zero-order valence-electron chi connectivity index (χ0n) is 15.2. The van der Waals surface area contributed by atoms with Gasteiger partial charge in [0, 0.05) is 24.5 Å². The molecule has 1 saturated heterocycles. The molecule has 5 rings (SSSR count). The van der Waals surface area contributed by atoms with Gasteiger partial charge in [-0.3, -0.25) is 4.98 Å². The maximum Gasteiger partial charge on any atom is 0.155 e. The zero-order valence-corrected chi connectivity index (χ0v) is 16.0. The fourth-order valence-corrected chi connectivity index (χ4v) is 4.30. The minimum atomic E-state index is -1.29. The first-order valence-corrected chi connectivity index (χ1v) is 10.2. The Morgan fingerprint density at radius 2 is 2.07 bits per heavy atom. The van der Waals surface area contributed by atoms with Crippen molar-refractivity contribution in [2.24, 2.45) is 0 Å². The van der Waals surface area contributed by atoms with Gasteiger partial charge in [-0.05, 0) is 37.6 Å². The van der Waals surface area contributed by atoms with Crippen molar-refractivity contribution in [3.8, 4) is 11.3 Å². The normalized spacial score (nSPS) is 19.9. The summed E-state index contributed by atoms with van der Waals surface area (Å²) in [4.78, 5) is 17.9. The van der Waals surface area contributed by atoms with E-state index >= 15 is 4.39 Å². The fourth-order valence-electron chi connectivity index (χ4n) is 3.58. The molecule has 2 N–H and O–H groups in total. The Bertz CT molecular complexity index is 1140. The Morgan fingerprint density at radius 3 is 2.96 bits per heavy atom. The number of fused-ring (bicyclic) bond motifs is 2. The Balaban J connectivity index is 1.53. The summed E-state index contributed by atoms with van der Waals surface area (Å²) in [6.07, 6.45) is 4.66. The topological polar surface area (TPSA) is 75.6 Å². The lowest BCUT2D eigenvalue weighted by atomic mass is 9.96. The predicted molar refractivity (Wildman–Crippen MR) is 110 cm³/mol. The van der Waals surface area contributed by atoms with E-state index in [2.05, 4.69) is 31.7 Å². The Labute approximate surface area is 165 Å². The molecule has 6 nitrogen and oxygen atoms in total. The van der Waals surface area contributed by atoms with Gasteiger partial charge < -0.3 is 10.6 Å². The van der Waals surface area contributed by atoms with E-state index in [0.29, 0.717) is 24.3 Å². The first kappa shape index (κ1) is 17.4. The molecule has 1 atom stereocenters. The molecule has 1 aromatic carbocycles. The van der Waals surface area contributed by atoms with Crippen molar-refractivity contribution in [3.63, 3.8) is 0 Å². The van der Waals surface area contributed by atoms with E-state index in [1.165, 1.54) is 0 Å². The van der Waals surface area contributed by atoms with Crippen LogP contribution in [0.3, 0.4) is 0 Å². The molecule has 1 fully saturated rings. The van der Waals surface area contributed by atoms with Crippen LogP contribution in [0.4, 0.5) is 10.2 Å². The van der Waals surface area contributed by atoms with E-state index < -0.39 is 5.67 Å². The summed E-state index contributed by atoms with van der Waals surface area (Å²) in [5, 5.41) is 6.33. The quantitative estimate of drug-likeness (QED) is 0.548. The van der Waals surface area contributed by atoms with Crippen molar-refractivity contribution >= 4 is 38.4 Å². The summed E-state index contributed by atoms with van der Waals surface area (Å²) >= 11 is 1.59. The molecular formula is C20H19FN6S. The smallest absolute Gasteiger partial charge is 0.155 e. The van der Waals surface area contributed by atoms with Crippen LogP contribution in [0.2, 0.25) is 0 Å². The first-order valence-electron chi connectivity index (χ1n) is 9.29. The van der Waals surface area contributed by atoms with Crippen LogP contribution < -0.4 is 10.6 Å². The van der Waals surface area contributed by atoms with E-state index in [9.17, 15) is 0 Å². The SMILES string of the molecule is FC1(CNc2nc(-c3ccc4ncsc4c3)cc3nccnc23)CCCNC1. The number of nitrogens with one attached hydrogen (secondary N) is 2. The zero-order chi connectivity index (χ0) is 19.0. The highest BCUT2D eigenvalue weighted by Crippen LogP contribution is 2.30. The lowest BCUT2D eigenvalue weighted by Gasteiger charge is -2.30. The minimum Gasteiger partial charge on any atom is -0.365 e. The molecule has 142 valence electrons. The summed E-state index contributed by atoms with van der Waals surface area (Å²) in [5.74, 6) is 0.563. The largest absolute Gasteiger partial charge is 0.365 e. The van der Waals surface area contributed by atoms with Crippen LogP contribution in [0.5, 0.6) is 0 Å². The average molecular weight is 394 g/mol. The molecule has 1 aliphatic heterocycles. The van der Waals surface area contributed by atoms with Gasteiger partial charge in [0.05, 0.1) is 33.5 Å². The third kappa shape index (κ3) is 3.29. The second-order valence-electron chi connectivity index (χ2n) is 7.10. The van der Waals surface area contributed by atoms with Gasteiger partial charge in [0.1, 0.15) is 11.2 Å². The Morgan fingerprint density at radius 1 is 1.14 bits per heavy atom. The number of aromatic nitrogens is 4. The van der Waals surface area contributed by atoms with Gasteiger partial charge in [-0.15, -0.1) is 11.3 Å². The van der Waals surface area contributed by atoms with Crippen LogP contribution in [-0.2, 0) is 0 Å². The number of anilines is 1. The second kappa shape index (κ2) is 7.03. The number of piperidine rings is 1. The lowest BCUT2D eigenvalue weighted by molar-refractivity contribution is 0.137. The van der Waals surface area contributed by atoms with Gasteiger partial charge in [0.25, 0.3) is 0 Å². The molecule has 28 heavy (non-hydrogen) atoms. The molecule has 8 heteroatoms. The molecule has 4 heterocycles. The number of hydrogen-bond donors (Lipinski definition) is 2. The van der Waals surface area contributed by atoms with Gasteiger partial charge in [0.15, 0.2) is 5.82 Å². The van der Waals surface area contributed by atoms with Crippen molar-refractivity contribution in [2.45, 2.75) is 18.5 Å². The van der Waals surface area contributed by atoms with Crippen LogP contribution in [0.1, 0.15) is 12.8 Å². The monoisotopic (exact) mass is 394 g/mol. The predicted octanol–water partition coefficient (Wildman–Crippen LogP) is 3.81. The minimum absolute atomic E-state index is 0.190. The summed E-state index contributed by atoms with van der Waals surface area (Å²) in [7, 11) is 0.